The van der Waals surface area contributed by atoms with E-state index >= 15 is 0 Å². The second-order valence-corrected chi connectivity index (χ2v) is 2.62. The Bertz CT molecular complexity index is 196. The summed E-state index contributed by atoms with van der Waals surface area (Å²) in [5, 5.41) is 10.8. The highest BCUT2D eigenvalue weighted by molar-refractivity contribution is 5.92. The summed E-state index contributed by atoms with van der Waals surface area (Å²) in [5.41, 5.74) is -1.23. The van der Waals surface area contributed by atoms with Gasteiger partial charge in [-0.3, -0.25) is 4.79 Å². The molecule has 0 aromatic heterocycles. The van der Waals surface area contributed by atoms with E-state index in [4.69, 9.17) is 5.11 Å². The van der Waals surface area contributed by atoms with Gasteiger partial charge >= 0.3 is 5.97 Å². The van der Waals surface area contributed by atoms with Crippen molar-refractivity contribution >= 4 is 11.9 Å². The molecule has 0 fully saturated rings. The summed E-state index contributed by atoms with van der Waals surface area (Å²) in [5.74, 6) is -1.56. The number of carbonyl (C=O) groups is 2. The molecule has 2 N–H and O–H groups in total. The molecule has 0 radical (unpaired) electrons. The SMILES string of the molecule is C=CC(=O)NC(C)(C)C(=O)O. The van der Waals surface area contributed by atoms with Gasteiger partial charge in [-0.2, -0.15) is 0 Å². The quantitative estimate of drug-likeness (QED) is 0.573. The molecule has 0 spiro atoms. The van der Waals surface area contributed by atoms with Gasteiger partial charge in [-0.1, -0.05) is 6.58 Å². The van der Waals surface area contributed by atoms with E-state index in [1.165, 1.54) is 13.8 Å². The highest BCUT2D eigenvalue weighted by atomic mass is 16.4. The largest absolute Gasteiger partial charge is 0.480 e. The Labute approximate surface area is 64.9 Å². The van der Waals surface area contributed by atoms with Gasteiger partial charge in [0.15, 0.2) is 0 Å². The number of carboxylic acids is 1. The summed E-state index contributed by atoms with van der Waals surface area (Å²) in [6.45, 7) is 6.00. The fourth-order valence-corrected chi connectivity index (χ4v) is 0.412. The van der Waals surface area contributed by atoms with E-state index < -0.39 is 17.4 Å². The number of rotatable bonds is 3. The van der Waals surface area contributed by atoms with Gasteiger partial charge in [0.05, 0.1) is 0 Å². The molecule has 0 saturated carbocycles. The lowest BCUT2D eigenvalue weighted by Gasteiger charge is -2.19. The van der Waals surface area contributed by atoms with Crippen LogP contribution in [0.15, 0.2) is 12.7 Å². The Morgan fingerprint density at radius 2 is 2.00 bits per heavy atom. The van der Waals surface area contributed by atoms with Crippen LogP contribution in [0.1, 0.15) is 13.8 Å². The lowest BCUT2D eigenvalue weighted by atomic mass is 10.1. The van der Waals surface area contributed by atoms with Crippen molar-refractivity contribution in [2.24, 2.45) is 0 Å². The van der Waals surface area contributed by atoms with E-state index in [0.717, 1.165) is 6.08 Å². The Hall–Kier alpha value is -1.32. The van der Waals surface area contributed by atoms with Crippen LogP contribution in [0, 0.1) is 0 Å². The van der Waals surface area contributed by atoms with Gasteiger partial charge in [-0.05, 0) is 19.9 Å². The number of hydrogen-bond donors (Lipinski definition) is 2. The predicted octanol–water partition coefficient (Wildman–Crippen LogP) is 0.152. The summed E-state index contributed by atoms with van der Waals surface area (Å²) in [6, 6.07) is 0. The van der Waals surface area contributed by atoms with Crippen LogP contribution in [0.3, 0.4) is 0 Å². The van der Waals surface area contributed by atoms with Crippen molar-refractivity contribution in [1.29, 1.82) is 0 Å². The van der Waals surface area contributed by atoms with E-state index in [-0.39, 0.29) is 0 Å². The van der Waals surface area contributed by atoms with Crippen molar-refractivity contribution in [3.63, 3.8) is 0 Å². The molecule has 0 unspecified atom stereocenters. The molecule has 62 valence electrons. The number of nitrogens with one attached hydrogen (secondary N) is 1. The number of aliphatic carboxylic acids is 1. The molecular formula is C7H11NO3. The van der Waals surface area contributed by atoms with Crippen molar-refractivity contribution in [1.82, 2.24) is 5.32 Å². The number of hydrogen-bond acceptors (Lipinski definition) is 2. The monoisotopic (exact) mass is 157 g/mol. The highest BCUT2D eigenvalue weighted by Crippen LogP contribution is 2.00. The molecule has 1 amide bonds. The Morgan fingerprint density at radius 1 is 1.55 bits per heavy atom. The van der Waals surface area contributed by atoms with Crippen molar-refractivity contribution in [2.45, 2.75) is 19.4 Å². The first kappa shape index (κ1) is 9.68. The molecule has 0 aliphatic heterocycles. The third-order valence-corrected chi connectivity index (χ3v) is 1.16. The van der Waals surface area contributed by atoms with E-state index in [1.807, 2.05) is 0 Å². The molecule has 4 heteroatoms. The van der Waals surface area contributed by atoms with E-state index in [2.05, 4.69) is 11.9 Å². The van der Waals surface area contributed by atoms with Crippen LogP contribution >= 0.6 is 0 Å². The topological polar surface area (TPSA) is 66.4 Å². The number of carboxylic acid groups (broad SMARTS) is 1. The number of amides is 1. The summed E-state index contributed by atoms with van der Waals surface area (Å²) in [4.78, 5) is 21.1. The van der Waals surface area contributed by atoms with Gasteiger partial charge in [0.1, 0.15) is 5.54 Å². The summed E-state index contributed by atoms with van der Waals surface area (Å²) in [6.07, 6.45) is 1.03. The van der Waals surface area contributed by atoms with Crippen LogP contribution in [0.25, 0.3) is 0 Å². The minimum atomic E-state index is -1.23. The molecule has 0 heterocycles. The Balaban J connectivity index is 4.23. The summed E-state index contributed by atoms with van der Waals surface area (Å²) >= 11 is 0. The van der Waals surface area contributed by atoms with Gasteiger partial charge in [0.2, 0.25) is 5.91 Å². The lowest BCUT2D eigenvalue weighted by molar-refractivity contribution is -0.145. The van der Waals surface area contributed by atoms with E-state index in [1.54, 1.807) is 0 Å². The second-order valence-electron chi connectivity index (χ2n) is 2.62. The number of carbonyl (C=O) groups excluding carboxylic acids is 1. The van der Waals surface area contributed by atoms with Crippen molar-refractivity contribution in [2.75, 3.05) is 0 Å². The molecule has 0 rings (SSSR count). The van der Waals surface area contributed by atoms with Gasteiger partial charge < -0.3 is 10.4 Å². The fraction of sp³-hybridized carbons (Fsp3) is 0.429. The van der Waals surface area contributed by atoms with Gasteiger partial charge in [-0.25, -0.2) is 4.79 Å². The first-order chi connectivity index (χ1) is 4.90. The maximum absolute atomic E-state index is 10.6. The zero-order valence-electron chi connectivity index (χ0n) is 6.55. The average Bonchev–Trinajstić information content (AvgIpc) is 1.86. The minimum absolute atomic E-state index is 0.489. The summed E-state index contributed by atoms with van der Waals surface area (Å²) < 4.78 is 0. The van der Waals surface area contributed by atoms with Crippen LogP contribution in [0.4, 0.5) is 0 Å². The van der Waals surface area contributed by atoms with Crippen molar-refractivity contribution in [3.8, 4) is 0 Å². The molecule has 11 heavy (non-hydrogen) atoms. The molecule has 0 aromatic rings. The second kappa shape index (κ2) is 3.18. The van der Waals surface area contributed by atoms with Gasteiger partial charge in [0.25, 0.3) is 0 Å². The average molecular weight is 157 g/mol. The van der Waals surface area contributed by atoms with Gasteiger partial charge in [0, 0.05) is 0 Å². The molecule has 0 aliphatic carbocycles. The normalized spacial score (nSPS) is 10.4. The zero-order chi connectivity index (χ0) is 9.07. The zero-order valence-corrected chi connectivity index (χ0v) is 6.55. The molecule has 0 aromatic carbocycles. The third-order valence-electron chi connectivity index (χ3n) is 1.16. The molecule has 0 saturated heterocycles. The van der Waals surface area contributed by atoms with E-state index in [9.17, 15) is 9.59 Å². The summed E-state index contributed by atoms with van der Waals surface area (Å²) in [7, 11) is 0. The van der Waals surface area contributed by atoms with Crippen LogP contribution in [0.2, 0.25) is 0 Å². The van der Waals surface area contributed by atoms with Crippen molar-refractivity contribution in [3.05, 3.63) is 12.7 Å². The molecule has 0 atom stereocenters. The fourth-order valence-electron chi connectivity index (χ4n) is 0.412. The maximum Gasteiger partial charge on any atom is 0.328 e. The third kappa shape index (κ3) is 2.84. The van der Waals surface area contributed by atoms with E-state index in [0.29, 0.717) is 0 Å². The molecule has 0 aliphatic rings. The maximum atomic E-state index is 10.6. The Kier molecular flexibility index (Phi) is 2.80. The van der Waals surface area contributed by atoms with Crippen LogP contribution in [-0.4, -0.2) is 22.5 Å². The van der Waals surface area contributed by atoms with Gasteiger partial charge in [-0.15, -0.1) is 0 Å². The molecule has 0 bridgehead atoms. The predicted molar refractivity (Wildman–Crippen MR) is 40.1 cm³/mol. The van der Waals surface area contributed by atoms with Crippen LogP contribution in [-0.2, 0) is 9.59 Å². The first-order valence-corrected chi connectivity index (χ1v) is 3.08. The Morgan fingerprint density at radius 3 is 2.27 bits per heavy atom. The van der Waals surface area contributed by atoms with Crippen LogP contribution in [0.5, 0.6) is 0 Å². The highest BCUT2D eigenvalue weighted by Gasteiger charge is 2.27. The van der Waals surface area contributed by atoms with Crippen LogP contribution < -0.4 is 5.32 Å². The molecule has 4 nitrogen and oxygen atoms in total. The first-order valence-electron chi connectivity index (χ1n) is 3.08. The minimum Gasteiger partial charge on any atom is -0.480 e. The lowest BCUT2D eigenvalue weighted by Crippen LogP contribution is -2.49. The smallest absolute Gasteiger partial charge is 0.328 e. The standard InChI is InChI=1S/C7H11NO3/c1-4-5(9)8-7(2,3)6(10)11/h4H,1H2,2-3H3,(H,8,9)(H,10,11). The molecular weight excluding hydrogens is 146 g/mol. The van der Waals surface area contributed by atoms with Crippen molar-refractivity contribution < 1.29 is 14.7 Å².